The van der Waals surface area contributed by atoms with Gasteiger partial charge in [-0.1, -0.05) is 5.16 Å². The van der Waals surface area contributed by atoms with Crippen LogP contribution in [0.15, 0.2) is 4.52 Å². The largest absolute Gasteiger partial charge is 0.368 e. The highest BCUT2D eigenvalue weighted by atomic mass is 16.5. The minimum absolute atomic E-state index is 0.0135. The number of rotatable bonds is 4. The summed E-state index contributed by atoms with van der Waals surface area (Å²) in [6.45, 7) is 7.32. The molecular formula is C17H26N4O3. The minimum Gasteiger partial charge on any atom is -0.368 e. The Morgan fingerprint density at radius 1 is 1.33 bits per heavy atom. The third-order valence-corrected chi connectivity index (χ3v) is 5.76. The van der Waals surface area contributed by atoms with Gasteiger partial charge in [-0.15, -0.1) is 0 Å². The molecule has 1 spiro atoms. The average Bonchev–Trinajstić information content (AvgIpc) is 3.30. The van der Waals surface area contributed by atoms with Crippen LogP contribution >= 0.6 is 0 Å². The molecule has 1 aromatic rings. The maximum absolute atomic E-state index is 12.0. The van der Waals surface area contributed by atoms with Gasteiger partial charge in [0.1, 0.15) is 6.10 Å². The minimum atomic E-state index is -0.0135. The van der Waals surface area contributed by atoms with Crippen molar-refractivity contribution >= 4 is 5.91 Å². The van der Waals surface area contributed by atoms with Crippen molar-refractivity contribution in [2.24, 2.45) is 5.41 Å². The van der Waals surface area contributed by atoms with Crippen molar-refractivity contribution in [3.05, 3.63) is 11.7 Å². The maximum Gasteiger partial charge on any atom is 0.255 e. The van der Waals surface area contributed by atoms with Crippen LogP contribution < -0.4 is 0 Å². The second-order valence-corrected chi connectivity index (χ2v) is 7.41. The predicted octanol–water partition coefficient (Wildman–Crippen LogP) is 1.76. The molecule has 1 amide bonds. The molecule has 132 valence electrons. The van der Waals surface area contributed by atoms with Crippen molar-refractivity contribution in [2.45, 2.75) is 51.7 Å². The standard InChI is InChI=1S/C17H26N4O3/c1-2-21-12-17(10-15(21)22)5-7-20(8-6-17)11-14-18-16(24-19-14)13-4-3-9-23-13/h13H,2-12H2,1H3/t13-/m1/s1. The van der Waals surface area contributed by atoms with Gasteiger partial charge in [0.05, 0.1) is 6.54 Å². The topological polar surface area (TPSA) is 71.7 Å². The van der Waals surface area contributed by atoms with Crippen molar-refractivity contribution in [1.29, 1.82) is 0 Å². The van der Waals surface area contributed by atoms with Crippen LogP contribution in [0.4, 0.5) is 0 Å². The first-order valence-electron chi connectivity index (χ1n) is 9.12. The van der Waals surface area contributed by atoms with E-state index >= 15 is 0 Å². The first-order valence-corrected chi connectivity index (χ1v) is 9.12. The summed E-state index contributed by atoms with van der Waals surface area (Å²) in [6.07, 6.45) is 4.89. The maximum atomic E-state index is 12.0. The van der Waals surface area contributed by atoms with Crippen LogP contribution in [0.3, 0.4) is 0 Å². The van der Waals surface area contributed by atoms with Gasteiger partial charge in [-0.25, -0.2) is 0 Å². The normalized spacial score (nSPS) is 27.5. The molecule has 3 saturated heterocycles. The summed E-state index contributed by atoms with van der Waals surface area (Å²) in [5.41, 5.74) is 0.198. The van der Waals surface area contributed by atoms with Crippen molar-refractivity contribution in [2.75, 3.05) is 32.8 Å². The van der Waals surface area contributed by atoms with Gasteiger partial charge in [0.2, 0.25) is 5.91 Å². The summed E-state index contributed by atoms with van der Waals surface area (Å²) < 4.78 is 11.0. The number of nitrogens with zero attached hydrogens (tertiary/aromatic N) is 4. The van der Waals surface area contributed by atoms with Gasteiger partial charge in [0, 0.05) is 26.1 Å². The van der Waals surface area contributed by atoms with Gasteiger partial charge in [-0.2, -0.15) is 4.98 Å². The van der Waals surface area contributed by atoms with Crippen LogP contribution in [0.1, 0.15) is 56.8 Å². The fraction of sp³-hybridized carbons (Fsp3) is 0.824. The summed E-state index contributed by atoms with van der Waals surface area (Å²) in [5, 5.41) is 4.11. The molecule has 0 unspecified atom stereocenters. The smallest absolute Gasteiger partial charge is 0.255 e. The number of likely N-dealkylation sites (tertiary alicyclic amines) is 2. The molecule has 3 aliphatic rings. The van der Waals surface area contributed by atoms with Crippen LogP contribution in [0.2, 0.25) is 0 Å². The Morgan fingerprint density at radius 2 is 2.17 bits per heavy atom. The highest BCUT2D eigenvalue weighted by Crippen LogP contribution is 2.41. The Hall–Kier alpha value is -1.47. The van der Waals surface area contributed by atoms with Crippen LogP contribution in [-0.2, 0) is 16.1 Å². The Labute approximate surface area is 142 Å². The van der Waals surface area contributed by atoms with Crippen LogP contribution in [-0.4, -0.2) is 58.6 Å². The SMILES string of the molecule is CCN1CC2(CCN(Cc3noc([C@H]4CCCO4)n3)CC2)CC1=O. The van der Waals surface area contributed by atoms with Crippen molar-refractivity contribution < 1.29 is 14.1 Å². The van der Waals surface area contributed by atoms with Gasteiger partial charge in [-0.3, -0.25) is 9.69 Å². The van der Waals surface area contributed by atoms with E-state index in [4.69, 9.17) is 9.26 Å². The number of ether oxygens (including phenoxy) is 1. The lowest BCUT2D eigenvalue weighted by molar-refractivity contribution is -0.127. The second-order valence-electron chi connectivity index (χ2n) is 7.41. The van der Waals surface area contributed by atoms with Crippen LogP contribution in [0.25, 0.3) is 0 Å². The van der Waals surface area contributed by atoms with Crippen molar-refractivity contribution in [1.82, 2.24) is 19.9 Å². The van der Waals surface area contributed by atoms with Crippen LogP contribution in [0.5, 0.6) is 0 Å². The van der Waals surface area contributed by atoms with E-state index in [-0.39, 0.29) is 11.5 Å². The summed E-state index contributed by atoms with van der Waals surface area (Å²) >= 11 is 0. The van der Waals surface area contributed by atoms with Crippen molar-refractivity contribution in [3.8, 4) is 0 Å². The molecule has 0 N–H and O–H groups in total. The molecule has 0 aromatic carbocycles. The third kappa shape index (κ3) is 3.07. The van der Waals surface area contributed by atoms with E-state index < -0.39 is 0 Å². The summed E-state index contributed by atoms with van der Waals surface area (Å²) in [4.78, 5) is 20.9. The Kier molecular flexibility index (Phi) is 4.30. The van der Waals surface area contributed by atoms with Crippen molar-refractivity contribution in [3.63, 3.8) is 0 Å². The van der Waals surface area contributed by atoms with E-state index in [1.807, 2.05) is 4.90 Å². The first-order chi connectivity index (χ1) is 11.7. The highest BCUT2D eigenvalue weighted by molar-refractivity contribution is 5.79. The second kappa shape index (κ2) is 6.44. The van der Waals surface area contributed by atoms with Crippen LogP contribution in [0, 0.1) is 5.41 Å². The third-order valence-electron chi connectivity index (χ3n) is 5.76. The number of hydrogen-bond acceptors (Lipinski definition) is 6. The molecule has 0 radical (unpaired) electrons. The van der Waals surface area contributed by atoms with E-state index in [0.29, 0.717) is 11.8 Å². The molecule has 0 aliphatic carbocycles. The lowest BCUT2D eigenvalue weighted by Gasteiger charge is -2.38. The summed E-state index contributed by atoms with van der Waals surface area (Å²) in [5.74, 6) is 1.69. The molecule has 7 heteroatoms. The van der Waals surface area contributed by atoms with E-state index in [2.05, 4.69) is 22.0 Å². The van der Waals surface area contributed by atoms with E-state index in [0.717, 1.165) is 77.3 Å². The summed E-state index contributed by atoms with van der Waals surface area (Å²) in [6, 6.07) is 0. The number of hydrogen-bond donors (Lipinski definition) is 0. The number of aromatic nitrogens is 2. The molecule has 4 heterocycles. The first kappa shape index (κ1) is 16.0. The number of amides is 1. The molecule has 24 heavy (non-hydrogen) atoms. The van der Waals surface area contributed by atoms with E-state index in [1.165, 1.54) is 0 Å². The zero-order valence-electron chi connectivity index (χ0n) is 14.4. The molecule has 0 bridgehead atoms. The highest BCUT2D eigenvalue weighted by Gasteiger charge is 2.44. The van der Waals surface area contributed by atoms with Gasteiger partial charge in [-0.05, 0) is 51.1 Å². The Morgan fingerprint density at radius 3 is 2.83 bits per heavy atom. The van der Waals surface area contributed by atoms with E-state index in [9.17, 15) is 4.79 Å². The van der Waals surface area contributed by atoms with E-state index in [1.54, 1.807) is 0 Å². The molecule has 1 aromatic heterocycles. The fourth-order valence-corrected chi connectivity index (χ4v) is 4.22. The van der Waals surface area contributed by atoms with Gasteiger partial charge in [0.15, 0.2) is 5.82 Å². The van der Waals surface area contributed by atoms with Gasteiger partial charge < -0.3 is 14.2 Å². The molecular weight excluding hydrogens is 308 g/mol. The molecule has 1 atom stereocenters. The monoisotopic (exact) mass is 334 g/mol. The number of carbonyl (C=O) groups is 1. The van der Waals surface area contributed by atoms with Gasteiger partial charge in [0.25, 0.3) is 5.89 Å². The average molecular weight is 334 g/mol. The Balaban J connectivity index is 1.31. The fourth-order valence-electron chi connectivity index (χ4n) is 4.22. The molecule has 3 fully saturated rings. The molecule has 7 nitrogen and oxygen atoms in total. The molecule has 3 aliphatic heterocycles. The lowest BCUT2D eigenvalue weighted by atomic mass is 9.77. The quantitative estimate of drug-likeness (QED) is 0.835. The Bertz CT molecular complexity index is 588. The van der Waals surface area contributed by atoms with Gasteiger partial charge >= 0.3 is 0 Å². The zero-order chi connectivity index (χ0) is 16.6. The lowest BCUT2D eigenvalue weighted by Crippen LogP contribution is -2.41. The number of piperidine rings is 1. The number of carbonyl (C=O) groups excluding carboxylic acids is 1. The molecule has 0 saturated carbocycles. The summed E-state index contributed by atoms with van der Waals surface area (Å²) in [7, 11) is 0. The zero-order valence-corrected chi connectivity index (χ0v) is 14.4. The predicted molar refractivity (Wildman–Crippen MR) is 86.0 cm³/mol. The molecule has 4 rings (SSSR count).